The maximum Gasteiger partial charge on any atom is 0.239 e. The van der Waals surface area contributed by atoms with Crippen LogP contribution in [0.1, 0.15) is 63.1 Å². The number of hydrogen-bond acceptors (Lipinski definition) is 2. The van der Waals surface area contributed by atoms with E-state index >= 15 is 0 Å². The van der Waals surface area contributed by atoms with Crippen molar-refractivity contribution in [1.82, 2.24) is 5.32 Å². The SMILES string of the molecule is CC(C)Cc1ccc(C(NC2CCCCC2)C(N)=O)cc1. The topological polar surface area (TPSA) is 55.1 Å². The zero-order chi connectivity index (χ0) is 15.2. The van der Waals surface area contributed by atoms with Crippen LogP contribution in [0, 0.1) is 5.92 Å². The van der Waals surface area contributed by atoms with Crippen LogP contribution in [0.3, 0.4) is 0 Å². The number of amides is 1. The van der Waals surface area contributed by atoms with Crippen LogP contribution in [-0.4, -0.2) is 11.9 Å². The number of carbonyl (C=O) groups is 1. The van der Waals surface area contributed by atoms with Gasteiger partial charge in [0.1, 0.15) is 6.04 Å². The third kappa shape index (κ3) is 4.85. The van der Waals surface area contributed by atoms with Crippen LogP contribution in [-0.2, 0) is 11.2 Å². The molecule has 0 bridgehead atoms. The molecule has 1 saturated carbocycles. The van der Waals surface area contributed by atoms with Crippen LogP contribution in [0.5, 0.6) is 0 Å². The van der Waals surface area contributed by atoms with E-state index in [-0.39, 0.29) is 11.9 Å². The Balaban J connectivity index is 2.04. The maximum absolute atomic E-state index is 11.8. The molecule has 21 heavy (non-hydrogen) atoms. The Morgan fingerprint density at radius 1 is 1.19 bits per heavy atom. The van der Waals surface area contributed by atoms with E-state index in [1.54, 1.807) is 0 Å². The minimum absolute atomic E-state index is 0.280. The first-order chi connectivity index (χ1) is 10.1. The highest BCUT2D eigenvalue weighted by molar-refractivity contribution is 5.81. The molecule has 0 radical (unpaired) electrons. The van der Waals surface area contributed by atoms with Crippen LogP contribution in [0.2, 0.25) is 0 Å². The number of nitrogens with two attached hydrogens (primary N) is 1. The first-order valence-electron chi connectivity index (χ1n) is 8.20. The maximum atomic E-state index is 11.8. The van der Waals surface area contributed by atoms with E-state index in [9.17, 15) is 4.79 Å². The summed E-state index contributed by atoms with van der Waals surface area (Å²) in [5.41, 5.74) is 7.90. The van der Waals surface area contributed by atoms with Gasteiger partial charge < -0.3 is 5.73 Å². The monoisotopic (exact) mass is 288 g/mol. The Morgan fingerprint density at radius 2 is 1.81 bits per heavy atom. The third-order valence-corrected chi connectivity index (χ3v) is 4.25. The molecule has 3 N–H and O–H groups in total. The van der Waals surface area contributed by atoms with E-state index < -0.39 is 0 Å². The summed E-state index contributed by atoms with van der Waals surface area (Å²) in [6.45, 7) is 4.43. The molecule has 1 aromatic carbocycles. The first kappa shape index (κ1) is 16.0. The summed E-state index contributed by atoms with van der Waals surface area (Å²) in [5.74, 6) is 0.361. The second-order valence-corrected chi connectivity index (χ2v) is 6.68. The Kier molecular flexibility index (Phi) is 5.80. The molecule has 1 aliphatic rings. The van der Waals surface area contributed by atoms with E-state index in [0.29, 0.717) is 12.0 Å². The van der Waals surface area contributed by atoms with E-state index in [4.69, 9.17) is 5.73 Å². The molecule has 0 aromatic heterocycles. The van der Waals surface area contributed by atoms with Crippen LogP contribution in [0.25, 0.3) is 0 Å². The van der Waals surface area contributed by atoms with Crippen molar-refractivity contribution in [3.8, 4) is 0 Å². The zero-order valence-corrected chi connectivity index (χ0v) is 13.3. The predicted molar refractivity (Wildman–Crippen MR) is 86.9 cm³/mol. The summed E-state index contributed by atoms with van der Waals surface area (Å²) >= 11 is 0. The van der Waals surface area contributed by atoms with Gasteiger partial charge in [-0.15, -0.1) is 0 Å². The molecule has 0 heterocycles. The lowest BCUT2D eigenvalue weighted by molar-refractivity contribution is -0.120. The fourth-order valence-electron chi connectivity index (χ4n) is 3.17. The van der Waals surface area contributed by atoms with Crippen molar-refractivity contribution in [3.05, 3.63) is 35.4 Å². The Labute approximate surface area is 128 Å². The Morgan fingerprint density at radius 3 is 2.33 bits per heavy atom. The minimum Gasteiger partial charge on any atom is -0.368 e. The average molecular weight is 288 g/mol. The first-order valence-corrected chi connectivity index (χ1v) is 8.20. The summed E-state index contributed by atoms with van der Waals surface area (Å²) in [6.07, 6.45) is 7.16. The van der Waals surface area contributed by atoms with Gasteiger partial charge >= 0.3 is 0 Å². The van der Waals surface area contributed by atoms with E-state index in [1.165, 1.54) is 24.8 Å². The molecule has 3 heteroatoms. The highest BCUT2D eigenvalue weighted by atomic mass is 16.1. The largest absolute Gasteiger partial charge is 0.368 e. The molecule has 0 aliphatic heterocycles. The summed E-state index contributed by atoms with van der Waals surface area (Å²) < 4.78 is 0. The number of hydrogen-bond donors (Lipinski definition) is 2. The molecule has 1 unspecified atom stereocenters. The lowest BCUT2D eigenvalue weighted by Gasteiger charge is -2.27. The lowest BCUT2D eigenvalue weighted by Crippen LogP contribution is -2.40. The molecule has 2 rings (SSSR count). The summed E-state index contributed by atoms with van der Waals surface area (Å²) in [6, 6.07) is 8.39. The highest BCUT2D eigenvalue weighted by Gasteiger charge is 2.23. The van der Waals surface area contributed by atoms with Crippen molar-refractivity contribution in [2.75, 3.05) is 0 Å². The second kappa shape index (κ2) is 7.60. The third-order valence-electron chi connectivity index (χ3n) is 4.25. The molecule has 1 aliphatic carbocycles. The Hall–Kier alpha value is -1.35. The van der Waals surface area contributed by atoms with Crippen molar-refractivity contribution in [2.24, 2.45) is 11.7 Å². The number of nitrogens with one attached hydrogen (secondary N) is 1. The smallest absolute Gasteiger partial charge is 0.239 e. The number of benzene rings is 1. The van der Waals surface area contributed by atoms with E-state index in [0.717, 1.165) is 24.8 Å². The molecule has 1 atom stereocenters. The summed E-state index contributed by atoms with van der Waals surface area (Å²) in [5, 5.41) is 3.46. The lowest BCUT2D eigenvalue weighted by atomic mass is 9.93. The predicted octanol–water partition coefficient (Wildman–Crippen LogP) is 3.33. The van der Waals surface area contributed by atoms with E-state index in [2.05, 4.69) is 31.3 Å². The van der Waals surface area contributed by atoms with Gasteiger partial charge in [-0.25, -0.2) is 0 Å². The molecule has 0 saturated heterocycles. The molecule has 1 amide bonds. The average Bonchev–Trinajstić information content (AvgIpc) is 2.46. The van der Waals surface area contributed by atoms with E-state index in [1.807, 2.05) is 12.1 Å². The number of carbonyl (C=O) groups excluding carboxylic acids is 1. The molecule has 1 aromatic rings. The standard InChI is InChI=1S/C18H28N2O/c1-13(2)12-14-8-10-15(11-9-14)17(18(19)21)20-16-6-4-3-5-7-16/h8-11,13,16-17,20H,3-7,12H2,1-2H3,(H2,19,21). The molecule has 0 spiro atoms. The second-order valence-electron chi connectivity index (χ2n) is 6.68. The zero-order valence-electron chi connectivity index (χ0n) is 13.3. The quantitative estimate of drug-likeness (QED) is 0.843. The van der Waals surface area contributed by atoms with Gasteiger partial charge in [-0.3, -0.25) is 10.1 Å². The van der Waals surface area contributed by atoms with Crippen LogP contribution >= 0.6 is 0 Å². The highest BCUT2D eigenvalue weighted by Crippen LogP contribution is 2.22. The summed E-state index contributed by atoms with van der Waals surface area (Å²) in [7, 11) is 0. The van der Waals surface area contributed by atoms with Crippen molar-refractivity contribution >= 4 is 5.91 Å². The minimum atomic E-state index is -0.360. The van der Waals surface area contributed by atoms with Gasteiger partial charge in [0.2, 0.25) is 5.91 Å². The molecular formula is C18H28N2O. The van der Waals surface area contributed by atoms with Gasteiger partial charge in [0.15, 0.2) is 0 Å². The molecule has 116 valence electrons. The van der Waals surface area contributed by atoms with Crippen LogP contribution in [0.4, 0.5) is 0 Å². The number of primary amides is 1. The van der Waals surface area contributed by atoms with Gasteiger partial charge in [-0.1, -0.05) is 57.4 Å². The van der Waals surface area contributed by atoms with Gasteiger partial charge in [0.05, 0.1) is 0 Å². The summed E-state index contributed by atoms with van der Waals surface area (Å²) in [4.78, 5) is 11.8. The van der Waals surface area contributed by atoms with Crippen molar-refractivity contribution in [1.29, 1.82) is 0 Å². The molecule has 3 nitrogen and oxygen atoms in total. The van der Waals surface area contributed by atoms with Crippen LogP contribution < -0.4 is 11.1 Å². The normalized spacial score (nSPS) is 17.9. The molecule has 1 fully saturated rings. The van der Waals surface area contributed by atoms with Gasteiger partial charge in [-0.2, -0.15) is 0 Å². The number of rotatable bonds is 6. The van der Waals surface area contributed by atoms with Crippen molar-refractivity contribution < 1.29 is 4.79 Å². The fourth-order valence-corrected chi connectivity index (χ4v) is 3.17. The molecular weight excluding hydrogens is 260 g/mol. The van der Waals surface area contributed by atoms with Crippen molar-refractivity contribution in [2.45, 2.75) is 64.5 Å². The Bertz CT molecular complexity index is 447. The van der Waals surface area contributed by atoms with Crippen LogP contribution in [0.15, 0.2) is 24.3 Å². The van der Waals surface area contributed by atoms with Crippen molar-refractivity contribution in [3.63, 3.8) is 0 Å². The van der Waals surface area contributed by atoms with Gasteiger partial charge in [0.25, 0.3) is 0 Å². The van der Waals surface area contributed by atoms with Gasteiger partial charge in [0, 0.05) is 6.04 Å². The fraction of sp³-hybridized carbons (Fsp3) is 0.611. The van der Waals surface area contributed by atoms with Gasteiger partial charge in [-0.05, 0) is 36.3 Å².